The molecule has 2 aliphatic rings. The molecule has 12 nitrogen and oxygen atoms in total. The Balaban J connectivity index is 1.98. The molecule has 2 saturated heterocycles. The Kier molecular flexibility index (Phi) is 3.41. The number of hydrazine groups is 1. The van der Waals surface area contributed by atoms with Crippen LogP contribution >= 0.6 is 0 Å². The van der Waals surface area contributed by atoms with Crippen LogP contribution in [0.15, 0.2) is 0 Å². The van der Waals surface area contributed by atoms with Crippen molar-refractivity contribution in [3.8, 4) is 0 Å². The van der Waals surface area contributed by atoms with Crippen LogP contribution in [-0.4, -0.2) is 47.8 Å². The third-order valence-corrected chi connectivity index (χ3v) is 2.37. The smallest absolute Gasteiger partial charge is 0.276 e. The Morgan fingerprint density at radius 3 is 1.05 bits per heavy atom. The third-order valence-electron chi connectivity index (χ3n) is 2.37. The minimum atomic E-state index is -1.52. The first-order valence-electron chi connectivity index (χ1n) is 5.21. The summed E-state index contributed by atoms with van der Waals surface area (Å²) in [4.78, 5) is 67.0. The van der Waals surface area contributed by atoms with Crippen LogP contribution in [0.5, 0.6) is 0 Å². The molecule has 0 atom stereocenters. The first kappa shape index (κ1) is 13.6. The number of carbonyl (C=O) groups is 6. The second kappa shape index (κ2) is 5.02. The molecule has 0 unspecified atom stereocenters. The molecule has 0 aromatic rings. The number of carbonyl (C=O) groups excluding carboxylic acids is 6. The molecule has 20 heavy (non-hydrogen) atoms. The van der Waals surface area contributed by atoms with Crippen molar-refractivity contribution in [3.05, 3.63) is 0 Å². The van der Waals surface area contributed by atoms with E-state index in [-0.39, 0.29) is 0 Å². The Morgan fingerprint density at radius 1 is 0.550 bits per heavy atom. The predicted molar refractivity (Wildman–Crippen MR) is 57.2 cm³/mol. The average molecular weight is 284 g/mol. The first-order chi connectivity index (χ1) is 9.38. The normalized spacial score (nSPS) is 21.2. The van der Waals surface area contributed by atoms with Crippen LogP contribution in [0.3, 0.4) is 0 Å². The van der Waals surface area contributed by atoms with E-state index >= 15 is 0 Å². The van der Waals surface area contributed by atoms with E-state index in [1.807, 2.05) is 21.3 Å². The van der Waals surface area contributed by atoms with Gasteiger partial charge in [-0.1, -0.05) is 0 Å². The van der Waals surface area contributed by atoms with Crippen LogP contribution in [0.4, 0.5) is 9.59 Å². The minimum absolute atomic E-state index is 0.959. The number of barbiturate groups is 2. The van der Waals surface area contributed by atoms with Crippen LogP contribution in [0.2, 0.25) is 0 Å². The van der Waals surface area contributed by atoms with Gasteiger partial charge in [-0.15, -0.1) is 0 Å². The summed E-state index contributed by atoms with van der Waals surface area (Å²) in [5.41, 5.74) is 4.26. The Labute approximate surface area is 110 Å². The molecule has 0 saturated carbocycles. The highest BCUT2D eigenvalue weighted by Gasteiger charge is 2.38. The van der Waals surface area contributed by atoms with Crippen molar-refractivity contribution in [2.75, 3.05) is 0 Å². The fourth-order valence-corrected chi connectivity index (χ4v) is 1.47. The molecule has 0 aliphatic carbocycles. The lowest BCUT2D eigenvalue weighted by atomic mass is 10.2. The summed E-state index contributed by atoms with van der Waals surface area (Å²) in [6, 6.07) is -4.99. The van der Waals surface area contributed by atoms with Gasteiger partial charge in [0.15, 0.2) is 12.1 Å². The zero-order valence-corrected chi connectivity index (χ0v) is 9.60. The van der Waals surface area contributed by atoms with Gasteiger partial charge in [0, 0.05) is 0 Å². The lowest BCUT2D eigenvalue weighted by Gasteiger charge is -2.26. The van der Waals surface area contributed by atoms with Crippen LogP contribution in [0.1, 0.15) is 0 Å². The molecule has 6 N–H and O–H groups in total. The Hall–Kier alpha value is -2.86. The van der Waals surface area contributed by atoms with Gasteiger partial charge < -0.3 is 0 Å². The zero-order valence-electron chi connectivity index (χ0n) is 9.60. The quantitative estimate of drug-likeness (QED) is 0.222. The molecular formula is C8H8N6O6. The highest BCUT2D eigenvalue weighted by molar-refractivity contribution is 6.20. The van der Waals surface area contributed by atoms with E-state index in [0.717, 1.165) is 0 Å². The molecule has 2 heterocycles. The van der Waals surface area contributed by atoms with Crippen LogP contribution in [0, 0.1) is 0 Å². The van der Waals surface area contributed by atoms with E-state index < -0.39 is 47.8 Å². The topological polar surface area (TPSA) is 175 Å². The van der Waals surface area contributed by atoms with Crippen molar-refractivity contribution in [3.63, 3.8) is 0 Å². The number of hydrogen-bond donors (Lipinski definition) is 6. The van der Waals surface area contributed by atoms with E-state index in [9.17, 15) is 28.8 Å². The fraction of sp³-hybridized carbons (Fsp3) is 0.250. The molecule has 2 aliphatic heterocycles. The number of urea groups is 2. The van der Waals surface area contributed by atoms with Crippen LogP contribution in [0.25, 0.3) is 0 Å². The molecule has 2 fully saturated rings. The van der Waals surface area contributed by atoms with E-state index in [4.69, 9.17) is 0 Å². The van der Waals surface area contributed by atoms with Gasteiger partial charge >= 0.3 is 12.1 Å². The van der Waals surface area contributed by atoms with E-state index in [0.29, 0.717) is 0 Å². The number of nitrogens with one attached hydrogen (secondary N) is 6. The predicted octanol–water partition coefficient (Wildman–Crippen LogP) is -4.45. The van der Waals surface area contributed by atoms with Gasteiger partial charge in [0.05, 0.1) is 0 Å². The highest BCUT2D eigenvalue weighted by Crippen LogP contribution is 1.94. The summed E-state index contributed by atoms with van der Waals surface area (Å²) in [6.07, 6.45) is 0. The Bertz CT molecular complexity index is 456. The van der Waals surface area contributed by atoms with Gasteiger partial charge in [0.1, 0.15) is 0 Å². The minimum Gasteiger partial charge on any atom is -0.276 e. The molecule has 0 aromatic carbocycles. The lowest BCUT2D eigenvalue weighted by Crippen LogP contribution is -2.70. The first-order valence-corrected chi connectivity index (χ1v) is 5.21. The third kappa shape index (κ3) is 2.60. The standard InChI is InChI=1S/C8H8N6O6/c15-3-1(4(16)10-7(19)9-3)13-14-2-5(17)11-8(20)12-6(2)18/h1-2,13-14H,(H2,9,10,15,16,19)(H2,11,12,17,18,20). The maximum absolute atomic E-state index is 11.4. The lowest BCUT2D eigenvalue weighted by molar-refractivity contribution is -0.138. The molecule has 0 bridgehead atoms. The molecule has 8 amide bonds. The van der Waals surface area contributed by atoms with Gasteiger partial charge in [-0.05, 0) is 0 Å². The van der Waals surface area contributed by atoms with Gasteiger partial charge in [-0.2, -0.15) is 0 Å². The molecule has 0 aromatic heterocycles. The second-order valence-electron chi connectivity index (χ2n) is 3.77. The molecule has 12 heteroatoms. The monoisotopic (exact) mass is 284 g/mol. The maximum atomic E-state index is 11.4. The summed E-state index contributed by atoms with van der Waals surface area (Å²) in [6.45, 7) is 0. The fourth-order valence-electron chi connectivity index (χ4n) is 1.47. The summed E-state index contributed by atoms with van der Waals surface area (Å²) in [5.74, 6) is -3.84. The molecule has 0 radical (unpaired) electrons. The summed E-state index contributed by atoms with van der Waals surface area (Å²) >= 11 is 0. The van der Waals surface area contributed by atoms with Gasteiger partial charge in [-0.25, -0.2) is 20.4 Å². The second-order valence-corrected chi connectivity index (χ2v) is 3.77. The molecule has 2 rings (SSSR count). The van der Waals surface area contributed by atoms with Crippen molar-refractivity contribution in [2.24, 2.45) is 0 Å². The summed E-state index contributed by atoms with van der Waals surface area (Å²) in [7, 11) is 0. The average Bonchev–Trinajstić information content (AvgIpc) is 2.30. The zero-order chi connectivity index (χ0) is 14.9. The van der Waals surface area contributed by atoms with Crippen molar-refractivity contribution in [1.82, 2.24) is 32.1 Å². The number of hydrogen-bond acceptors (Lipinski definition) is 8. The van der Waals surface area contributed by atoms with E-state index in [1.54, 1.807) is 0 Å². The van der Waals surface area contributed by atoms with Crippen molar-refractivity contribution in [1.29, 1.82) is 0 Å². The number of amides is 8. The van der Waals surface area contributed by atoms with Crippen LogP contribution < -0.4 is 32.1 Å². The Morgan fingerprint density at radius 2 is 0.800 bits per heavy atom. The van der Waals surface area contributed by atoms with Gasteiger partial charge in [-0.3, -0.25) is 40.4 Å². The summed E-state index contributed by atoms with van der Waals surface area (Å²) < 4.78 is 0. The van der Waals surface area contributed by atoms with E-state index in [1.165, 1.54) is 0 Å². The SMILES string of the molecule is O=C1NC(=O)C(NNC2C(=O)NC(=O)NC2=O)C(=O)N1. The van der Waals surface area contributed by atoms with Gasteiger partial charge in [0.2, 0.25) is 0 Å². The highest BCUT2D eigenvalue weighted by atomic mass is 16.2. The largest absolute Gasteiger partial charge is 0.328 e. The maximum Gasteiger partial charge on any atom is 0.328 e. The van der Waals surface area contributed by atoms with Crippen molar-refractivity contribution >= 4 is 35.7 Å². The van der Waals surface area contributed by atoms with E-state index in [2.05, 4.69) is 10.9 Å². The van der Waals surface area contributed by atoms with Gasteiger partial charge in [0.25, 0.3) is 23.6 Å². The molecule has 106 valence electrons. The van der Waals surface area contributed by atoms with Crippen molar-refractivity contribution < 1.29 is 28.8 Å². The van der Waals surface area contributed by atoms with Crippen LogP contribution in [-0.2, 0) is 19.2 Å². The molecular weight excluding hydrogens is 276 g/mol. The number of imide groups is 4. The number of rotatable bonds is 3. The summed E-state index contributed by atoms with van der Waals surface area (Å²) in [5, 5.41) is 7.24. The molecule has 0 spiro atoms. The van der Waals surface area contributed by atoms with Crippen molar-refractivity contribution in [2.45, 2.75) is 12.1 Å².